The zero-order valence-electron chi connectivity index (χ0n) is 14.0. The van der Waals surface area contributed by atoms with Gasteiger partial charge in [-0.1, -0.05) is 18.2 Å². The number of hydrogen-bond donors (Lipinski definition) is 1. The van der Waals surface area contributed by atoms with Crippen LogP contribution in [0.15, 0.2) is 48.7 Å². The summed E-state index contributed by atoms with van der Waals surface area (Å²) in [6, 6.07) is 12.4. The van der Waals surface area contributed by atoms with Gasteiger partial charge in [-0.05, 0) is 29.8 Å². The lowest BCUT2D eigenvalue weighted by atomic mass is 9.93. The Hall–Kier alpha value is -2.89. The van der Waals surface area contributed by atoms with E-state index in [4.69, 9.17) is 4.74 Å². The topological polar surface area (TPSA) is 79.7 Å². The number of aromatic nitrogens is 1. The number of rotatable bonds is 6. The molecule has 1 aliphatic heterocycles. The Morgan fingerprint density at radius 2 is 2.04 bits per heavy atom. The molecule has 1 amide bonds. The van der Waals surface area contributed by atoms with E-state index in [1.165, 1.54) is 0 Å². The predicted molar refractivity (Wildman–Crippen MR) is 91.1 cm³/mol. The molecule has 3 rings (SSSR count). The van der Waals surface area contributed by atoms with Crippen molar-refractivity contribution in [2.24, 2.45) is 5.92 Å². The average molecular weight is 340 g/mol. The molecule has 6 heteroatoms. The molecule has 1 fully saturated rings. The van der Waals surface area contributed by atoms with Gasteiger partial charge in [0.2, 0.25) is 5.91 Å². The van der Waals surface area contributed by atoms with Crippen LogP contribution in [0.3, 0.4) is 0 Å². The van der Waals surface area contributed by atoms with Crippen molar-refractivity contribution >= 4 is 11.9 Å². The summed E-state index contributed by atoms with van der Waals surface area (Å²) in [5.74, 6) is -1.14. The fraction of sp³-hybridized carbons (Fsp3) is 0.316. The first-order valence-electron chi connectivity index (χ1n) is 8.16. The number of benzene rings is 1. The highest BCUT2D eigenvalue weighted by molar-refractivity contribution is 5.87. The molecule has 6 nitrogen and oxygen atoms in total. The first-order chi connectivity index (χ1) is 12.1. The predicted octanol–water partition coefficient (Wildman–Crippen LogP) is 2.31. The third-order valence-corrected chi connectivity index (χ3v) is 4.54. The van der Waals surface area contributed by atoms with E-state index in [1.54, 1.807) is 30.3 Å². The van der Waals surface area contributed by atoms with Crippen LogP contribution in [0.2, 0.25) is 0 Å². The molecule has 130 valence electrons. The van der Waals surface area contributed by atoms with Gasteiger partial charge in [-0.2, -0.15) is 0 Å². The second kappa shape index (κ2) is 7.34. The molecule has 0 bridgehead atoms. The number of carboxylic acid groups (broad SMARTS) is 1. The van der Waals surface area contributed by atoms with Crippen LogP contribution in [-0.2, 0) is 16.0 Å². The largest absolute Gasteiger partial charge is 0.497 e. The van der Waals surface area contributed by atoms with Crippen LogP contribution in [-0.4, -0.2) is 40.5 Å². The molecule has 2 aromatic rings. The van der Waals surface area contributed by atoms with Crippen molar-refractivity contribution in [1.29, 1.82) is 0 Å². The van der Waals surface area contributed by atoms with Crippen LogP contribution in [0.4, 0.5) is 0 Å². The van der Waals surface area contributed by atoms with Crippen LogP contribution in [0.1, 0.15) is 23.7 Å². The van der Waals surface area contributed by atoms with E-state index in [0.717, 1.165) is 11.3 Å². The number of carbonyl (C=O) groups is 2. The molecule has 1 N–H and O–H groups in total. The number of likely N-dealkylation sites (tertiary alicyclic amines) is 1. The number of carbonyl (C=O) groups excluding carboxylic acids is 1. The minimum Gasteiger partial charge on any atom is -0.497 e. The molecule has 1 aromatic carbocycles. The summed E-state index contributed by atoms with van der Waals surface area (Å²) in [6.07, 6.45) is 2.32. The van der Waals surface area contributed by atoms with Crippen molar-refractivity contribution in [2.75, 3.05) is 13.7 Å². The fourth-order valence-electron chi connectivity index (χ4n) is 3.27. The summed E-state index contributed by atoms with van der Waals surface area (Å²) in [4.78, 5) is 30.0. The summed E-state index contributed by atoms with van der Waals surface area (Å²) >= 11 is 0. The monoisotopic (exact) mass is 340 g/mol. The van der Waals surface area contributed by atoms with Gasteiger partial charge in [0.1, 0.15) is 5.75 Å². The SMILES string of the molecule is COc1ccc([C@@H]2[C@@H](C(=O)O)CC(=O)N2CCc2ccccn2)cc1. The zero-order chi connectivity index (χ0) is 17.8. The first-order valence-corrected chi connectivity index (χ1v) is 8.16. The molecule has 1 aromatic heterocycles. The number of nitrogens with zero attached hydrogens (tertiary/aromatic N) is 2. The van der Waals surface area contributed by atoms with Crippen LogP contribution in [0.5, 0.6) is 5.75 Å². The van der Waals surface area contributed by atoms with Crippen LogP contribution >= 0.6 is 0 Å². The van der Waals surface area contributed by atoms with E-state index < -0.39 is 17.9 Å². The molecule has 1 aliphatic rings. The number of ether oxygens (including phenoxy) is 1. The van der Waals surface area contributed by atoms with E-state index in [1.807, 2.05) is 30.3 Å². The van der Waals surface area contributed by atoms with E-state index in [-0.39, 0.29) is 12.3 Å². The lowest BCUT2D eigenvalue weighted by Crippen LogP contribution is -2.32. The molecule has 0 spiro atoms. The molecule has 25 heavy (non-hydrogen) atoms. The van der Waals surface area contributed by atoms with Crippen molar-refractivity contribution in [3.8, 4) is 5.75 Å². The molecular formula is C19H20N2O4. The van der Waals surface area contributed by atoms with Crippen molar-refractivity contribution in [3.63, 3.8) is 0 Å². The molecular weight excluding hydrogens is 320 g/mol. The van der Waals surface area contributed by atoms with Gasteiger partial charge in [-0.15, -0.1) is 0 Å². The summed E-state index contributed by atoms with van der Waals surface area (Å²) in [6.45, 7) is 0.441. The number of pyridine rings is 1. The third kappa shape index (κ3) is 3.63. The van der Waals surface area contributed by atoms with E-state index >= 15 is 0 Å². The Labute approximate surface area is 146 Å². The Kier molecular flexibility index (Phi) is 4.97. The van der Waals surface area contributed by atoms with Gasteiger partial charge in [-0.3, -0.25) is 14.6 Å². The highest BCUT2D eigenvalue weighted by Gasteiger charge is 2.44. The number of methoxy groups -OCH3 is 1. The second-order valence-electron chi connectivity index (χ2n) is 6.03. The summed E-state index contributed by atoms with van der Waals surface area (Å²) in [7, 11) is 1.58. The first kappa shape index (κ1) is 17.0. The number of hydrogen-bond acceptors (Lipinski definition) is 4. The molecule has 1 saturated heterocycles. The Balaban J connectivity index is 1.84. The zero-order valence-corrected chi connectivity index (χ0v) is 14.0. The minimum absolute atomic E-state index is 0.0221. The number of amides is 1. The minimum atomic E-state index is -0.950. The highest BCUT2D eigenvalue weighted by Crippen LogP contribution is 2.38. The number of carboxylic acids is 1. The Morgan fingerprint density at radius 1 is 1.28 bits per heavy atom. The summed E-state index contributed by atoms with van der Waals surface area (Å²) in [5, 5.41) is 9.55. The van der Waals surface area contributed by atoms with Gasteiger partial charge in [0.05, 0.1) is 19.1 Å². The lowest BCUT2D eigenvalue weighted by molar-refractivity contribution is -0.142. The van der Waals surface area contributed by atoms with Gasteiger partial charge in [0, 0.05) is 31.3 Å². The van der Waals surface area contributed by atoms with Gasteiger partial charge in [0.15, 0.2) is 0 Å². The van der Waals surface area contributed by atoms with E-state index in [2.05, 4.69) is 4.98 Å². The van der Waals surface area contributed by atoms with Crippen molar-refractivity contribution in [2.45, 2.75) is 18.9 Å². The second-order valence-corrected chi connectivity index (χ2v) is 6.03. The van der Waals surface area contributed by atoms with Gasteiger partial charge < -0.3 is 14.7 Å². The maximum atomic E-state index is 12.4. The summed E-state index contributed by atoms with van der Waals surface area (Å²) < 4.78 is 5.15. The summed E-state index contributed by atoms with van der Waals surface area (Å²) in [5.41, 5.74) is 1.68. The quantitative estimate of drug-likeness (QED) is 0.873. The molecule has 0 saturated carbocycles. The molecule has 2 atom stereocenters. The van der Waals surface area contributed by atoms with Gasteiger partial charge in [-0.25, -0.2) is 0 Å². The maximum absolute atomic E-state index is 12.4. The van der Waals surface area contributed by atoms with Gasteiger partial charge in [0.25, 0.3) is 0 Å². The standard InChI is InChI=1S/C19H20N2O4/c1-25-15-7-5-13(6-8-15)18-16(19(23)24)12-17(22)21(18)11-9-14-4-2-3-10-20-14/h2-8,10,16,18H,9,11-12H2,1H3,(H,23,24)/t16-,18+/m0/s1. The van der Waals surface area contributed by atoms with Crippen LogP contribution in [0, 0.1) is 5.92 Å². The molecule has 0 radical (unpaired) electrons. The van der Waals surface area contributed by atoms with E-state index in [0.29, 0.717) is 18.7 Å². The highest BCUT2D eigenvalue weighted by atomic mass is 16.5. The average Bonchev–Trinajstić information content (AvgIpc) is 2.97. The smallest absolute Gasteiger partial charge is 0.309 e. The number of aliphatic carboxylic acids is 1. The van der Waals surface area contributed by atoms with Crippen molar-refractivity contribution < 1.29 is 19.4 Å². The molecule has 2 heterocycles. The molecule has 0 unspecified atom stereocenters. The van der Waals surface area contributed by atoms with Crippen molar-refractivity contribution in [3.05, 3.63) is 59.9 Å². The van der Waals surface area contributed by atoms with Crippen molar-refractivity contribution in [1.82, 2.24) is 9.88 Å². The Bertz CT molecular complexity index is 746. The normalized spacial score (nSPS) is 19.9. The van der Waals surface area contributed by atoms with Gasteiger partial charge >= 0.3 is 5.97 Å². The van der Waals surface area contributed by atoms with Crippen LogP contribution in [0.25, 0.3) is 0 Å². The fourth-order valence-corrected chi connectivity index (χ4v) is 3.27. The van der Waals surface area contributed by atoms with Crippen LogP contribution < -0.4 is 4.74 Å². The van der Waals surface area contributed by atoms with E-state index in [9.17, 15) is 14.7 Å². The maximum Gasteiger partial charge on any atom is 0.309 e. The lowest BCUT2D eigenvalue weighted by Gasteiger charge is -2.27. The molecule has 0 aliphatic carbocycles. The third-order valence-electron chi connectivity index (χ3n) is 4.54. The Morgan fingerprint density at radius 3 is 2.64 bits per heavy atom.